The number of fused-ring (bicyclic) bond motifs is 1. The molecule has 0 saturated carbocycles. The Morgan fingerprint density at radius 1 is 1.23 bits per heavy atom. The van der Waals surface area contributed by atoms with Crippen molar-refractivity contribution in [2.45, 2.75) is 31.8 Å². The van der Waals surface area contributed by atoms with Gasteiger partial charge >= 0.3 is 0 Å². The lowest BCUT2D eigenvalue weighted by atomic mass is 10.0. The third-order valence-electron chi connectivity index (χ3n) is 5.26. The standard InChI is InChI=1S/C19H25N5O2/c1-2-6-16-13-26-14-17-11-22(9-10-23(16)17)19(25)18-12-24(21-20-18)15-7-4-3-5-8-15/h3-5,7-8,12,16-17H,2,6,9-11,13-14H2,1H3. The average Bonchev–Trinajstić information content (AvgIpc) is 3.18. The van der Waals surface area contributed by atoms with E-state index in [2.05, 4.69) is 22.1 Å². The molecule has 0 spiro atoms. The Labute approximate surface area is 153 Å². The van der Waals surface area contributed by atoms with Crippen LogP contribution in [0.4, 0.5) is 0 Å². The van der Waals surface area contributed by atoms with Gasteiger partial charge in [-0.05, 0) is 18.6 Å². The predicted molar refractivity (Wildman–Crippen MR) is 97.3 cm³/mol. The summed E-state index contributed by atoms with van der Waals surface area (Å²) in [6.45, 7) is 6.03. The molecule has 2 atom stereocenters. The summed E-state index contributed by atoms with van der Waals surface area (Å²) < 4.78 is 7.43. The van der Waals surface area contributed by atoms with Gasteiger partial charge in [-0.1, -0.05) is 36.8 Å². The highest BCUT2D eigenvalue weighted by Gasteiger charge is 2.37. The van der Waals surface area contributed by atoms with Gasteiger partial charge in [0.15, 0.2) is 5.69 Å². The molecule has 138 valence electrons. The van der Waals surface area contributed by atoms with Crippen molar-refractivity contribution in [1.82, 2.24) is 24.8 Å². The molecule has 2 unspecified atom stereocenters. The third kappa shape index (κ3) is 3.37. The van der Waals surface area contributed by atoms with E-state index < -0.39 is 0 Å². The van der Waals surface area contributed by atoms with Crippen molar-refractivity contribution < 1.29 is 9.53 Å². The van der Waals surface area contributed by atoms with Crippen LogP contribution in [0, 0.1) is 0 Å². The first-order chi connectivity index (χ1) is 12.8. The minimum absolute atomic E-state index is 0.0514. The minimum atomic E-state index is -0.0514. The van der Waals surface area contributed by atoms with Gasteiger partial charge in [0.25, 0.3) is 5.91 Å². The summed E-state index contributed by atoms with van der Waals surface area (Å²) in [6, 6.07) is 10.5. The normalized spacial score (nSPS) is 23.7. The molecule has 0 radical (unpaired) electrons. The fraction of sp³-hybridized carbons (Fsp3) is 0.526. The molecule has 2 saturated heterocycles. The first-order valence-electron chi connectivity index (χ1n) is 9.37. The molecule has 7 heteroatoms. The van der Waals surface area contributed by atoms with E-state index in [0.29, 0.717) is 24.9 Å². The molecule has 2 fully saturated rings. The maximum Gasteiger partial charge on any atom is 0.276 e. The van der Waals surface area contributed by atoms with Crippen LogP contribution in [0.3, 0.4) is 0 Å². The second kappa shape index (κ2) is 7.55. The predicted octanol–water partition coefficient (Wildman–Crippen LogP) is 1.59. The molecule has 2 aliphatic heterocycles. The molecule has 26 heavy (non-hydrogen) atoms. The Bertz CT molecular complexity index is 745. The fourth-order valence-corrected chi connectivity index (χ4v) is 3.93. The quantitative estimate of drug-likeness (QED) is 0.833. The van der Waals surface area contributed by atoms with E-state index in [4.69, 9.17) is 4.74 Å². The maximum absolute atomic E-state index is 12.9. The Morgan fingerprint density at radius 2 is 2.08 bits per heavy atom. The molecule has 4 rings (SSSR count). The zero-order chi connectivity index (χ0) is 17.9. The zero-order valence-electron chi connectivity index (χ0n) is 15.1. The lowest BCUT2D eigenvalue weighted by Crippen LogP contribution is -2.62. The Balaban J connectivity index is 1.44. The largest absolute Gasteiger partial charge is 0.378 e. The topological polar surface area (TPSA) is 63.5 Å². The van der Waals surface area contributed by atoms with E-state index in [1.54, 1.807) is 10.9 Å². The number of piperazine rings is 1. The molecule has 0 aliphatic carbocycles. The molecule has 3 heterocycles. The van der Waals surface area contributed by atoms with Gasteiger partial charge in [-0.3, -0.25) is 9.69 Å². The molecule has 0 bridgehead atoms. The minimum Gasteiger partial charge on any atom is -0.378 e. The Kier molecular flexibility index (Phi) is 4.99. The van der Waals surface area contributed by atoms with Crippen molar-refractivity contribution in [2.75, 3.05) is 32.8 Å². The highest BCUT2D eigenvalue weighted by atomic mass is 16.5. The summed E-state index contributed by atoms with van der Waals surface area (Å²) in [5.74, 6) is -0.0514. The summed E-state index contributed by atoms with van der Waals surface area (Å²) in [6.07, 6.45) is 4.01. The van der Waals surface area contributed by atoms with Crippen molar-refractivity contribution in [2.24, 2.45) is 0 Å². The van der Waals surface area contributed by atoms with E-state index >= 15 is 0 Å². The first-order valence-corrected chi connectivity index (χ1v) is 9.37. The van der Waals surface area contributed by atoms with Gasteiger partial charge in [0.1, 0.15) is 0 Å². The lowest BCUT2D eigenvalue weighted by Gasteiger charge is -2.47. The van der Waals surface area contributed by atoms with E-state index in [1.807, 2.05) is 35.2 Å². The SMILES string of the molecule is CCCC1COCC2CN(C(=O)c3cn(-c4ccccc4)nn3)CCN12. The van der Waals surface area contributed by atoms with Crippen LogP contribution in [0.1, 0.15) is 30.3 Å². The number of hydrogen-bond acceptors (Lipinski definition) is 5. The van der Waals surface area contributed by atoms with E-state index in [0.717, 1.165) is 38.2 Å². The van der Waals surface area contributed by atoms with Crippen LogP contribution in [-0.2, 0) is 4.74 Å². The van der Waals surface area contributed by atoms with Gasteiger partial charge in [-0.2, -0.15) is 0 Å². The number of hydrogen-bond donors (Lipinski definition) is 0. The number of carbonyl (C=O) groups excluding carboxylic acids is 1. The van der Waals surface area contributed by atoms with Crippen LogP contribution in [0.5, 0.6) is 0 Å². The molecule has 0 N–H and O–H groups in total. The number of ether oxygens (including phenoxy) is 1. The van der Waals surface area contributed by atoms with Gasteiger partial charge in [-0.15, -0.1) is 5.10 Å². The molecule has 2 aliphatic rings. The van der Waals surface area contributed by atoms with Crippen LogP contribution in [0.2, 0.25) is 0 Å². The summed E-state index contributed by atoms with van der Waals surface area (Å²) in [7, 11) is 0. The number of aromatic nitrogens is 3. The molecule has 1 amide bonds. The third-order valence-corrected chi connectivity index (χ3v) is 5.26. The number of nitrogens with zero attached hydrogens (tertiary/aromatic N) is 5. The van der Waals surface area contributed by atoms with Crippen molar-refractivity contribution in [3.05, 3.63) is 42.2 Å². The van der Waals surface area contributed by atoms with Gasteiger partial charge in [-0.25, -0.2) is 4.68 Å². The van der Waals surface area contributed by atoms with Crippen molar-refractivity contribution in [3.8, 4) is 5.69 Å². The number of amides is 1. The number of benzene rings is 1. The summed E-state index contributed by atoms with van der Waals surface area (Å²) in [5, 5.41) is 8.20. The van der Waals surface area contributed by atoms with Gasteiger partial charge in [0.2, 0.25) is 0 Å². The van der Waals surface area contributed by atoms with E-state index in [-0.39, 0.29) is 11.9 Å². The highest BCUT2D eigenvalue weighted by molar-refractivity contribution is 5.92. The van der Waals surface area contributed by atoms with Crippen molar-refractivity contribution >= 4 is 5.91 Å². The van der Waals surface area contributed by atoms with Gasteiger partial charge in [0, 0.05) is 25.7 Å². The number of para-hydroxylation sites is 1. The summed E-state index contributed by atoms with van der Waals surface area (Å²) in [5.41, 5.74) is 1.29. The van der Waals surface area contributed by atoms with Crippen LogP contribution in [0.25, 0.3) is 5.69 Å². The summed E-state index contributed by atoms with van der Waals surface area (Å²) >= 11 is 0. The molecular formula is C19H25N5O2. The molecule has 1 aromatic heterocycles. The fourth-order valence-electron chi connectivity index (χ4n) is 3.93. The van der Waals surface area contributed by atoms with E-state index in [9.17, 15) is 4.79 Å². The van der Waals surface area contributed by atoms with Crippen LogP contribution in [-0.4, -0.2) is 75.6 Å². The van der Waals surface area contributed by atoms with Crippen LogP contribution in [0.15, 0.2) is 36.5 Å². The lowest BCUT2D eigenvalue weighted by molar-refractivity contribution is -0.0776. The maximum atomic E-state index is 12.9. The van der Waals surface area contributed by atoms with Crippen LogP contribution < -0.4 is 0 Å². The molecule has 1 aromatic carbocycles. The second-order valence-electron chi connectivity index (χ2n) is 7.01. The van der Waals surface area contributed by atoms with Crippen molar-refractivity contribution in [3.63, 3.8) is 0 Å². The first kappa shape index (κ1) is 17.2. The number of morpholine rings is 1. The highest BCUT2D eigenvalue weighted by Crippen LogP contribution is 2.22. The molecule has 2 aromatic rings. The van der Waals surface area contributed by atoms with Crippen molar-refractivity contribution in [1.29, 1.82) is 0 Å². The second-order valence-corrected chi connectivity index (χ2v) is 7.01. The number of rotatable bonds is 4. The Hall–Kier alpha value is -2.25. The number of carbonyl (C=O) groups is 1. The van der Waals surface area contributed by atoms with Crippen LogP contribution >= 0.6 is 0 Å². The average molecular weight is 355 g/mol. The summed E-state index contributed by atoms with van der Waals surface area (Å²) in [4.78, 5) is 17.3. The van der Waals surface area contributed by atoms with Gasteiger partial charge < -0.3 is 9.64 Å². The monoisotopic (exact) mass is 355 g/mol. The Morgan fingerprint density at radius 3 is 2.88 bits per heavy atom. The smallest absolute Gasteiger partial charge is 0.276 e. The zero-order valence-corrected chi connectivity index (χ0v) is 15.1. The molecular weight excluding hydrogens is 330 g/mol. The molecule has 7 nitrogen and oxygen atoms in total. The van der Waals surface area contributed by atoms with Gasteiger partial charge in [0.05, 0.1) is 31.1 Å². The van der Waals surface area contributed by atoms with E-state index in [1.165, 1.54) is 0 Å².